The summed E-state index contributed by atoms with van der Waals surface area (Å²) < 4.78 is 5.63. The number of benzene rings is 1. The summed E-state index contributed by atoms with van der Waals surface area (Å²) in [7, 11) is 0. The molecule has 30 heavy (non-hydrogen) atoms. The Hall–Kier alpha value is -2.14. The van der Waals surface area contributed by atoms with Gasteiger partial charge >= 0.3 is 0 Å². The summed E-state index contributed by atoms with van der Waals surface area (Å²) in [6.45, 7) is 12.0. The van der Waals surface area contributed by atoms with Gasteiger partial charge in [0.1, 0.15) is 5.70 Å². The van der Waals surface area contributed by atoms with Crippen LogP contribution in [0.2, 0.25) is 0 Å². The first-order valence-corrected chi connectivity index (χ1v) is 11.4. The van der Waals surface area contributed by atoms with E-state index in [2.05, 4.69) is 25.7 Å². The van der Waals surface area contributed by atoms with Crippen LogP contribution in [0.3, 0.4) is 0 Å². The number of rotatable bonds is 9. The lowest BCUT2D eigenvalue weighted by Crippen LogP contribution is -2.42. The Morgan fingerprint density at radius 1 is 0.967 bits per heavy atom. The third-order valence-electron chi connectivity index (χ3n) is 5.98. The Kier molecular flexibility index (Phi) is 7.70. The molecule has 1 saturated heterocycles. The van der Waals surface area contributed by atoms with Crippen molar-refractivity contribution in [3.63, 3.8) is 0 Å². The second-order valence-corrected chi connectivity index (χ2v) is 9.02. The Morgan fingerprint density at radius 3 is 2.23 bits per heavy atom. The second-order valence-electron chi connectivity index (χ2n) is 9.02. The van der Waals surface area contributed by atoms with Crippen LogP contribution in [-0.4, -0.2) is 54.5 Å². The zero-order valence-electron chi connectivity index (χ0n) is 18.9. The van der Waals surface area contributed by atoms with Crippen LogP contribution in [0.25, 0.3) is 5.57 Å². The Morgan fingerprint density at radius 2 is 1.60 bits per heavy atom. The monoisotopic (exact) mass is 412 g/mol. The van der Waals surface area contributed by atoms with Crippen LogP contribution in [0.15, 0.2) is 30.0 Å². The number of piperidine rings is 1. The topological polar surface area (TPSA) is 49.9 Å². The van der Waals surface area contributed by atoms with Gasteiger partial charge in [0, 0.05) is 32.8 Å². The summed E-state index contributed by atoms with van der Waals surface area (Å²) in [5.41, 5.74) is 3.13. The molecule has 2 atom stereocenters. The highest BCUT2D eigenvalue weighted by Crippen LogP contribution is 2.35. The van der Waals surface area contributed by atoms with Crippen molar-refractivity contribution in [1.82, 2.24) is 9.80 Å². The second kappa shape index (κ2) is 10.3. The molecule has 1 aromatic carbocycles. The van der Waals surface area contributed by atoms with Crippen molar-refractivity contribution >= 4 is 17.4 Å². The average Bonchev–Trinajstić information content (AvgIpc) is 2.95. The first kappa shape index (κ1) is 22.5. The van der Waals surface area contributed by atoms with Gasteiger partial charge in [0.25, 0.3) is 11.8 Å². The van der Waals surface area contributed by atoms with Crippen LogP contribution in [0.5, 0.6) is 0 Å². The van der Waals surface area contributed by atoms with Crippen molar-refractivity contribution in [2.45, 2.75) is 53.4 Å². The largest absolute Gasteiger partial charge is 0.381 e. The molecule has 5 heteroatoms. The third-order valence-corrected chi connectivity index (χ3v) is 5.98. The van der Waals surface area contributed by atoms with Gasteiger partial charge in [0.15, 0.2) is 0 Å². The first-order valence-electron chi connectivity index (χ1n) is 11.4. The van der Waals surface area contributed by atoms with Crippen molar-refractivity contribution < 1.29 is 14.3 Å². The maximum atomic E-state index is 13.4. The summed E-state index contributed by atoms with van der Waals surface area (Å²) in [5, 5.41) is 0. The quantitative estimate of drug-likeness (QED) is 0.449. The summed E-state index contributed by atoms with van der Waals surface area (Å²) in [5.74, 6) is 0.692. The number of nitrogens with zero attached hydrogens (tertiary/aromatic N) is 2. The molecule has 2 aliphatic rings. The Bertz CT molecular complexity index is 774. The molecule has 2 aliphatic heterocycles. The van der Waals surface area contributed by atoms with Gasteiger partial charge in [-0.3, -0.25) is 14.5 Å². The third kappa shape index (κ3) is 5.12. The van der Waals surface area contributed by atoms with E-state index < -0.39 is 0 Å². The summed E-state index contributed by atoms with van der Waals surface area (Å²) >= 11 is 0. The van der Waals surface area contributed by atoms with Crippen LogP contribution in [0, 0.1) is 18.8 Å². The molecule has 0 radical (unpaired) electrons. The lowest BCUT2D eigenvalue weighted by Gasteiger charge is -2.37. The molecule has 1 fully saturated rings. The van der Waals surface area contributed by atoms with Gasteiger partial charge in [-0.2, -0.15) is 0 Å². The minimum absolute atomic E-state index is 0.148. The number of likely N-dealkylation sites (tertiary alicyclic amines) is 1. The van der Waals surface area contributed by atoms with Gasteiger partial charge in [-0.15, -0.1) is 0 Å². The predicted octanol–water partition coefficient (Wildman–Crippen LogP) is 4.26. The number of carbonyl (C=O) groups excluding carboxylic acids is 2. The van der Waals surface area contributed by atoms with E-state index in [0.717, 1.165) is 50.1 Å². The van der Waals surface area contributed by atoms with Crippen molar-refractivity contribution in [1.29, 1.82) is 0 Å². The normalized spacial score (nSPS) is 22.4. The first-order chi connectivity index (χ1) is 14.4. The van der Waals surface area contributed by atoms with Gasteiger partial charge in [0.05, 0.1) is 5.57 Å². The molecule has 0 saturated carbocycles. The fourth-order valence-electron chi connectivity index (χ4n) is 4.56. The molecule has 0 aromatic heterocycles. The number of hydrogen-bond donors (Lipinski definition) is 0. The van der Waals surface area contributed by atoms with E-state index in [9.17, 15) is 9.59 Å². The minimum atomic E-state index is -0.168. The molecule has 2 amide bonds. The molecule has 0 N–H and O–H groups in total. The molecule has 2 unspecified atom stereocenters. The van der Waals surface area contributed by atoms with E-state index in [1.807, 2.05) is 31.2 Å². The highest BCUT2D eigenvalue weighted by Gasteiger charge is 2.42. The molecular formula is C25H36N2O3. The van der Waals surface area contributed by atoms with E-state index in [4.69, 9.17) is 4.74 Å². The van der Waals surface area contributed by atoms with Crippen molar-refractivity contribution in [3.05, 3.63) is 41.1 Å². The predicted molar refractivity (Wildman–Crippen MR) is 120 cm³/mol. The number of carbonyl (C=O) groups is 2. The highest BCUT2D eigenvalue weighted by atomic mass is 16.5. The van der Waals surface area contributed by atoms with Gasteiger partial charge < -0.3 is 9.64 Å². The van der Waals surface area contributed by atoms with Gasteiger partial charge in [-0.1, -0.05) is 57.0 Å². The summed E-state index contributed by atoms with van der Waals surface area (Å²) in [4.78, 5) is 30.4. The molecule has 2 heterocycles. The van der Waals surface area contributed by atoms with Gasteiger partial charge in [-0.05, 0) is 43.6 Å². The molecular weight excluding hydrogens is 376 g/mol. The van der Waals surface area contributed by atoms with Crippen LogP contribution in [0.1, 0.15) is 57.6 Å². The number of hydrogen-bond acceptors (Lipinski definition) is 4. The zero-order chi connectivity index (χ0) is 21.7. The Labute approximate surface area is 181 Å². The summed E-state index contributed by atoms with van der Waals surface area (Å²) in [6, 6.07) is 7.93. The minimum Gasteiger partial charge on any atom is -0.381 e. The maximum Gasteiger partial charge on any atom is 0.277 e. The van der Waals surface area contributed by atoms with Crippen molar-refractivity contribution in [2.75, 3.05) is 32.8 Å². The zero-order valence-corrected chi connectivity index (χ0v) is 18.9. The highest BCUT2D eigenvalue weighted by molar-refractivity contribution is 6.35. The lowest BCUT2D eigenvalue weighted by atomic mass is 9.91. The SMILES string of the molecule is CCCCOCCCN1C(=O)C(c2ccc(C)cc2)=C(N2CC(C)CC(C)C2)C1=O. The molecule has 1 aromatic rings. The molecule has 3 rings (SSSR count). The van der Waals surface area contributed by atoms with Crippen LogP contribution in [-0.2, 0) is 14.3 Å². The molecule has 0 aliphatic carbocycles. The fraction of sp³-hybridized carbons (Fsp3) is 0.600. The number of amides is 2. The maximum absolute atomic E-state index is 13.4. The van der Waals surface area contributed by atoms with E-state index in [1.54, 1.807) is 0 Å². The van der Waals surface area contributed by atoms with Crippen molar-refractivity contribution in [3.8, 4) is 0 Å². The number of unbranched alkanes of at least 4 members (excludes halogenated alkanes) is 1. The fourth-order valence-corrected chi connectivity index (χ4v) is 4.56. The standard InChI is InChI=1S/C25H36N2O3/c1-5-6-13-30-14-7-12-27-24(28)22(21-10-8-18(2)9-11-21)23(25(27)29)26-16-19(3)15-20(4)17-26/h8-11,19-20H,5-7,12-17H2,1-4H3. The van der Waals surface area contributed by atoms with Gasteiger partial charge in [-0.25, -0.2) is 0 Å². The van der Waals surface area contributed by atoms with Crippen LogP contribution >= 0.6 is 0 Å². The van der Waals surface area contributed by atoms with E-state index >= 15 is 0 Å². The lowest BCUT2D eigenvalue weighted by molar-refractivity contribution is -0.137. The number of ether oxygens (including phenoxy) is 1. The molecule has 0 spiro atoms. The van der Waals surface area contributed by atoms with Crippen LogP contribution < -0.4 is 0 Å². The van der Waals surface area contributed by atoms with E-state index in [1.165, 1.54) is 4.90 Å². The van der Waals surface area contributed by atoms with Crippen molar-refractivity contribution in [2.24, 2.45) is 11.8 Å². The van der Waals surface area contributed by atoms with Gasteiger partial charge in [0.2, 0.25) is 0 Å². The molecule has 0 bridgehead atoms. The number of imide groups is 1. The average molecular weight is 413 g/mol. The molecule has 5 nitrogen and oxygen atoms in total. The smallest absolute Gasteiger partial charge is 0.277 e. The Balaban J connectivity index is 1.83. The number of aryl methyl sites for hydroxylation is 1. The van der Waals surface area contributed by atoms with E-state index in [-0.39, 0.29) is 11.8 Å². The van der Waals surface area contributed by atoms with Crippen LogP contribution in [0.4, 0.5) is 0 Å². The summed E-state index contributed by atoms with van der Waals surface area (Å²) in [6.07, 6.45) is 3.96. The molecule has 164 valence electrons. The van der Waals surface area contributed by atoms with E-state index in [0.29, 0.717) is 42.7 Å².